The van der Waals surface area contributed by atoms with E-state index < -0.39 is 5.60 Å². The molecular weight excluding hydrogens is 256 g/mol. The predicted octanol–water partition coefficient (Wildman–Crippen LogP) is -0.319. The van der Waals surface area contributed by atoms with Crippen molar-refractivity contribution in [1.29, 1.82) is 0 Å². The summed E-state index contributed by atoms with van der Waals surface area (Å²) in [5.74, 6) is 1.41. The first-order chi connectivity index (χ1) is 9.75. The Labute approximate surface area is 116 Å². The van der Waals surface area contributed by atoms with E-state index in [0.29, 0.717) is 25.5 Å². The predicted molar refractivity (Wildman–Crippen MR) is 73.8 cm³/mol. The van der Waals surface area contributed by atoms with Crippen LogP contribution in [0, 0.1) is 0 Å². The largest absolute Gasteiger partial charge is 0.387 e. The summed E-state index contributed by atoms with van der Waals surface area (Å²) in [5.41, 5.74) is 0.287. The van der Waals surface area contributed by atoms with Crippen LogP contribution >= 0.6 is 0 Å². The maximum atomic E-state index is 10.2. The van der Waals surface area contributed by atoms with Crippen molar-refractivity contribution in [1.82, 2.24) is 30.8 Å². The van der Waals surface area contributed by atoms with Crippen LogP contribution in [0.5, 0.6) is 0 Å². The van der Waals surface area contributed by atoms with Crippen LogP contribution in [0.4, 0.5) is 0 Å². The molecular formula is C13H18N6O. The van der Waals surface area contributed by atoms with Gasteiger partial charge in [0, 0.05) is 31.0 Å². The van der Waals surface area contributed by atoms with Crippen molar-refractivity contribution in [3.63, 3.8) is 0 Å². The maximum Gasteiger partial charge on any atom is 0.181 e. The van der Waals surface area contributed by atoms with E-state index >= 15 is 0 Å². The molecule has 7 nitrogen and oxygen atoms in total. The smallest absolute Gasteiger partial charge is 0.181 e. The molecule has 2 aromatic heterocycles. The molecule has 0 radical (unpaired) electrons. The lowest BCUT2D eigenvalue weighted by molar-refractivity contribution is 0.0607. The first-order valence-electron chi connectivity index (χ1n) is 6.71. The molecule has 0 spiro atoms. The van der Waals surface area contributed by atoms with Gasteiger partial charge < -0.3 is 15.7 Å². The van der Waals surface area contributed by atoms with E-state index in [1.165, 1.54) is 0 Å². The fourth-order valence-electron chi connectivity index (χ4n) is 2.30. The molecule has 0 unspecified atom stereocenters. The molecule has 7 heteroatoms. The number of rotatable bonds is 5. The van der Waals surface area contributed by atoms with Gasteiger partial charge in [0.25, 0.3) is 0 Å². The second-order valence-electron chi connectivity index (χ2n) is 5.10. The number of aliphatic hydroxyl groups is 1. The molecule has 3 rings (SSSR count). The highest BCUT2D eigenvalue weighted by Crippen LogP contribution is 2.14. The van der Waals surface area contributed by atoms with Crippen molar-refractivity contribution in [2.24, 2.45) is 0 Å². The highest BCUT2D eigenvalue weighted by molar-refractivity contribution is 5.52. The Bertz CT molecular complexity index is 549. The Morgan fingerprint density at radius 1 is 1.35 bits per heavy atom. The zero-order valence-corrected chi connectivity index (χ0v) is 11.1. The second kappa shape index (κ2) is 5.66. The Morgan fingerprint density at radius 2 is 2.20 bits per heavy atom. The summed E-state index contributed by atoms with van der Waals surface area (Å²) in [4.78, 5) is 8.38. The molecule has 106 valence electrons. The third kappa shape index (κ3) is 3.01. The van der Waals surface area contributed by atoms with Crippen LogP contribution in [0.25, 0.3) is 11.4 Å². The van der Waals surface area contributed by atoms with Crippen molar-refractivity contribution >= 4 is 0 Å². The van der Waals surface area contributed by atoms with E-state index in [1.54, 1.807) is 12.4 Å². The number of β-amino-alcohol motifs (C(OH)–C–C–N with tert-alkyl or cyclic N) is 1. The third-order valence-corrected chi connectivity index (χ3v) is 3.44. The average molecular weight is 274 g/mol. The highest BCUT2D eigenvalue weighted by Gasteiger charge is 2.30. The van der Waals surface area contributed by atoms with Crippen LogP contribution in [0.3, 0.4) is 0 Å². The summed E-state index contributed by atoms with van der Waals surface area (Å²) in [6.07, 6.45) is 4.21. The number of aromatic nitrogens is 4. The first kappa shape index (κ1) is 13.2. The van der Waals surface area contributed by atoms with Gasteiger partial charge in [0.05, 0.1) is 12.1 Å². The van der Waals surface area contributed by atoms with Crippen molar-refractivity contribution < 1.29 is 5.11 Å². The molecule has 1 atom stereocenters. The van der Waals surface area contributed by atoms with E-state index in [1.807, 2.05) is 12.1 Å². The van der Waals surface area contributed by atoms with E-state index in [9.17, 15) is 5.11 Å². The summed E-state index contributed by atoms with van der Waals surface area (Å²) < 4.78 is 0. The molecule has 0 amide bonds. The number of nitrogens with zero attached hydrogens (tertiary/aromatic N) is 3. The molecule has 0 aliphatic carbocycles. The van der Waals surface area contributed by atoms with Gasteiger partial charge in [-0.25, -0.2) is 4.98 Å². The van der Waals surface area contributed by atoms with Crippen LogP contribution in [0.1, 0.15) is 12.2 Å². The summed E-state index contributed by atoms with van der Waals surface area (Å²) in [7, 11) is 0. The zero-order chi connectivity index (χ0) is 13.8. The van der Waals surface area contributed by atoms with Crippen molar-refractivity contribution in [3.05, 3.63) is 30.4 Å². The topological polar surface area (TPSA) is 98.8 Å². The SMILES string of the molecule is O[C@]1(CNCc2nc(-c3ccncc3)n[nH]2)CCNC1. The standard InChI is InChI=1S/C13H18N6O/c20-13(3-6-15-8-13)9-16-7-11-17-12(19-18-11)10-1-4-14-5-2-10/h1-2,4-5,15-16,20H,3,6-9H2,(H,17,18,19)/t13-/m1/s1. The van der Waals surface area contributed by atoms with Crippen molar-refractivity contribution in [3.8, 4) is 11.4 Å². The fraction of sp³-hybridized carbons (Fsp3) is 0.462. The van der Waals surface area contributed by atoms with Gasteiger partial charge in [-0.1, -0.05) is 0 Å². The molecule has 1 saturated heterocycles. The number of nitrogens with one attached hydrogen (secondary N) is 3. The fourth-order valence-corrected chi connectivity index (χ4v) is 2.30. The van der Waals surface area contributed by atoms with Gasteiger partial charge in [-0.15, -0.1) is 0 Å². The summed E-state index contributed by atoms with van der Waals surface area (Å²) in [6.45, 7) is 2.61. The number of hydrogen-bond donors (Lipinski definition) is 4. The summed E-state index contributed by atoms with van der Waals surface area (Å²) >= 11 is 0. The normalized spacial score (nSPS) is 22.2. The minimum absolute atomic E-state index is 0.547. The molecule has 1 fully saturated rings. The van der Waals surface area contributed by atoms with Crippen LogP contribution < -0.4 is 10.6 Å². The van der Waals surface area contributed by atoms with E-state index in [2.05, 4.69) is 30.8 Å². The number of aromatic amines is 1. The van der Waals surface area contributed by atoms with Gasteiger partial charge in [-0.3, -0.25) is 10.1 Å². The van der Waals surface area contributed by atoms with E-state index in [4.69, 9.17) is 0 Å². The molecule has 20 heavy (non-hydrogen) atoms. The lowest BCUT2D eigenvalue weighted by atomic mass is 10.0. The number of pyridine rings is 1. The van der Waals surface area contributed by atoms with Crippen LogP contribution in [0.2, 0.25) is 0 Å². The molecule has 0 aromatic carbocycles. The van der Waals surface area contributed by atoms with Crippen LogP contribution in [-0.2, 0) is 6.54 Å². The van der Waals surface area contributed by atoms with Crippen molar-refractivity contribution in [2.45, 2.75) is 18.6 Å². The Morgan fingerprint density at radius 3 is 2.95 bits per heavy atom. The van der Waals surface area contributed by atoms with Gasteiger partial charge >= 0.3 is 0 Å². The molecule has 4 N–H and O–H groups in total. The summed E-state index contributed by atoms with van der Waals surface area (Å²) in [5, 5.41) is 23.6. The molecule has 1 aliphatic heterocycles. The molecule has 1 aliphatic rings. The number of hydrogen-bond acceptors (Lipinski definition) is 6. The number of H-pyrrole nitrogens is 1. The highest BCUT2D eigenvalue weighted by atomic mass is 16.3. The molecule has 3 heterocycles. The lowest BCUT2D eigenvalue weighted by Gasteiger charge is -2.21. The minimum Gasteiger partial charge on any atom is -0.387 e. The lowest BCUT2D eigenvalue weighted by Crippen LogP contribution is -2.42. The first-order valence-corrected chi connectivity index (χ1v) is 6.71. The van der Waals surface area contributed by atoms with Crippen LogP contribution in [0.15, 0.2) is 24.5 Å². The van der Waals surface area contributed by atoms with Gasteiger partial charge in [0.15, 0.2) is 5.82 Å². The van der Waals surface area contributed by atoms with E-state index in [0.717, 1.165) is 24.4 Å². The summed E-state index contributed by atoms with van der Waals surface area (Å²) in [6, 6.07) is 3.74. The third-order valence-electron chi connectivity index (χ3n) is 3.44. The zero-order valence-electron chi connectivity index (χ0n) is 11.1. The monoisotopic (exact) mass is 274 g/mol. The van der Waals surface area contributed by atoms with Crippen LogP contribution in [-0.4, -0.2) is 50.5 Å². The Hall–Kier alpha value is -1.83. The van der Waals surface area contributed by atoms with E-state index in [-0.39, 0.29) is 0 Å². The van der Waals surface area contributed by atoms with Gasteiger partial charge in [0.2, 0.25) is 0 Å². The van der Waals surface area contributed by atoms with Gasteiger partial charge in [-0.2, -0.15) is 5.10 Å². The maximum absolute atomic E-state index is 10.2. The second-order valence-corrected chi connectivity index (χ2v) is 5.10. The quantitative estimate of drug-likeness (QED) is 0.596. The Balaban J connectivity index is 1.55. The molecule has 2 aromatic rings. The van der Waals surface area contributed by atoms with Gasteiger partial charge in [0.1, 0.15) is 5.82 Å². The average Bonchev–Trinajstić information content (AvgIpc) is 3.10. The molecule has 0 saturated carbocycles. The minimum atomic E-state index is -0.645. The van der Waals surface area contributed by atoms with Crippen molar-refractivity contribution in [2.75, 3.05) is 19.6 Å². The van der Waals surface area contributed by atoms with Gasteiger partial charge in [-0.05, 0) is 25.1 Å². The molecule has 0 bridgehead atoms. The Kier molecular flexibility index (Phi) is 3.72.